The molecule has 2 aromatic carbocycles. The van der Waals surface area contributed by atoms with Crippen molar-refractivity contribution in [2.24, 2.45) is 0 Å². The van der Waals surface area contributed by atoms with Crippen molar-refractivity contribution in [2.45, 2.75) is 0 Å². The molecule has 1 fully saturated rings. The monoisotopic (exact) mass is 800 g/mol. The average Bonchev–Trinajstić information content (AvgIpc) is 2.99. The largest absolute Gasteiger partial charge is 3.00 e. The number of benzene rings is 2. The van der Waals surface area contributed by atoms with Gasteiger partial charge < -0.3 is 40.1 Å². The van der Waals surface area contributed by atoms with Crippen molar-refractivity contribution >= 4 is 46.4 Å². The van der Waals surface area contributed by atoms with Crippen molar-refractivity contribution < 1.29 is 89.1 Å². The van der Waals surface area contributed by atoms with E-state index in [9.17, 15) is 49.2 Å². The van der Waals surface area contributed by atoms with Gasteiger partial charge in [-0.25, -0.2) is 0 Å². The fraction of sp³-hybridized carbons (Fsp3) is 0.448. The molecule has 0 aromatic heterocycles. The maximum Gasteiger partial charge on any atom is 3.00 e. The van der Waals surface area contributed by atoms with Crippen molar-refractivity contribution in [1.82, 2.24) is 35.8 Å². The van der Waals surface area contributed by atoms with Crippen molar-refractivity contribution in [3.63, 3.8) is 0 Å². The van der Waals surface area contributed by atoms with E-state index in [1.54, 1.807) is 29.2 Å². The van der Waals surface area contributed by atoms with E-state index in [-0.39, 0.29) is 110 Å². The van der Waals surface area contributed by atoms with Gasteiger partial charge in [-0.1, -0.05) is 24.3 Å². The van der Waals surface area contributed by atoms with E-state index >= 15 is 0 Å². The zero-order valence-electron chi connectivity index (χ0n) is 25.4. The van der Waals surface area contributed by atoms with E-state index in [1.807, 2.05) is 0 Å². The number of nitrogens with one attached hydrogen (secondary N) is 3. The molecule has 18 heteroatoms. The van der Waals surface area contributed by atoms with Crippen LogP contribution in [-0.4, -0.2) is 145 Å². The SMILES string of the molecule is O=C([O-])CN1CCN(CC(=O)[O-])CCN(CC(=O)NCC(=O)NNC(=O)c2cc3ccccc3cc2O)CCN(CC(=O)[O-])CC1.[Gd+3]. The third kappa shape index (κ3) is 14.4. The summed E-state index contributed by atoms with van der Waals surface area (Å²) in [5.41, 5.74) is 4.29. The fourth-order valence-electron chi connectivity index (χ4n) is 4.84. The van der Waals surface area contributed by atoms with Crippen LogP contribution in [0.2, 0.25) is 0 Å². The molecule has 0 atom stereocenters. The van der Waals surface area contributed by atoms with Gasteiger partial charge in [0, 0.05) is 72.0 Å². The topological polar surface area (TPSA) is 241 Å². The summed E-state index contributed by atoms with van der Waals surface area (Å²) in [5, 5.41) is 47.9. The van der Waals surface area contributed by atoms with Crippen LogP contribution >= 0.6 is 0 Å². The molecule has 1 radical (unpaired) electrons. The van der Waals surface area contributed by atoms with Crippen molar-refractivity contribution in [1.29, 1.82) is 0 Å². The minimum Gasteiger partial charge on any atom is -0.549 e. The van der Waals surface area contributed by atoms with Gasteiger partial charge in [-0.05, 0) is 22.9 Å². The number of phenolic OH excluding ortho intramolecular Hbond substituents is 1. The molecule has 0 saturated carbocycles. The number of nitrogens with zero attached hydrogens (tertiary/aromatic N) is 4. The van der Waals surface area contributed by atoms with Gasteiger partial charge in [-0.15, -0.1) is 0 Å². The Kier molecular flexibility index (Phi) is 16.9. The Morgan fingerprint density at radius 1 is 0.617 bits per heavy atom. The summed E-state index contributed by atoms with van der Waals surface area (Å²) in [7, 11) is 0. The number of rotatable bonds is 11. The second kappa shape index (κ2) is 20.0. The Labute approximate surface area is 302 Å². The Morgan fingerprint density at radius 3 is 1.45 bits per heavy atom. The Balaban J connectivity index is 0.00000768. The molecular formula is C29H36GdN7O10. The Bertz CT molecular complexity index is 1400. The third-order valence-corrected chi connectivity index (χ3v) is 7.23. The molecule has 0 bridgehead atoms. The number of carbonyl (C=O) groups is 6. The minimum atomic E-state index is -1.34. The molecule has 17 nitrogen and oxygen atoms in total. The van der Waals surface area contributed by atoms with Crippen molar-refractivity contribution in [3.05, 3.63) is 42.0 Å². The fourth-order valence-corrected chi connectivity index (χ4v) is 4.84. The zero-order chi connectivity index (χ0) is 33.6. The predicted octanol–water partition coefficient (Wildman–Crippen LogP) is -6.11. The molecular weight excluding hydrogens is 764 g/mol. The number of amides is 3. The van der Waals surface area contributed by atoms with E-state index in [0.29, 0.717) is 5.39 Å². The number of aliphatic carboxylic acids is 3. The number of fused-ring (bicyclic) bond motifs is 1. The maximum absolute atomic E-state index is 12.7. The number of carboxylic acid groups (broad SMARTS) is 3. The molecule has 1 saturated heterocycles. The van der Waals surface area contributed by atoms with Gasteiger partial charge in [0.05, 0.1) is 36.6 Å². The van der Waals surface area contributed by atoms with Crippen LogP contribution in [0, 0.1) is 39.9 Å². The Hall–Kier alpha value is -3.52. The Morgan fingerprint density at radius 2 is 1.02 bits per heavy atom. The van der Waals surface area contributed by atoms with Gasteiger partial charge in [0.2, 0.25) is 5.91 Å². The first kappa shape index (κ1) is 39.7. The summed E-state index contributed by atoms with van der Waals surface area (Å²) in [4.78, 5) is 77.6. The number of hydrogen-bond acceptors (Lipinski definition) is 14. The molecule has 2 aromatic rings. The van der Waals surface area contributed by atoms with Gasteiger partial charge in [0.15, 0.2) is 0 Å². The van der Waals surface area contributed by atoms with Gasteiger partial charge >= 0.3 is 39.9 Å². The summed E-state index contributed by atoms with van der Waals surface area (Å²) in [6.45, 7) is -0.695. The molecule has 4 N–H and O–H groups in total. The van der Waals surface area contributed by atoms with E-state index in [2.05, 4.69) is 16.2 Å². The van der Waals surface area contributed by atoms with Gasteiger partial charge in [-0.3, -0.25) is 44.8 Å². The first-order chi connectivity index (χ1) is 21.9. The van der Waals surface area contributed by atoms with Crippen LogP contribution in [0.4, 0.5) is 0 Å². The normalized spacial score (nSPS) is 15.7. The van der Waals surface area contributed by atoms with Crippen LogP contribution in [0.5, 0.6) is 5.75 Å². The van der Waals surface area contributed by atoms with Crippen LogP contribution < -0.4 is 31.5 Å². The summed E-state index contributed by atoms with van der Waals surface area (Å²) in [6, 6.07) is 9.97. The summed E-state index contributed by atoms with van der Waals surface area (Å²) in [5.74, 6) is -6.38. The quantitative estimate of drug-likeness (QED) is 0.155. The van der Waals surface area contributed by atoms with Crippen LogP contribution in [0.3, 0.4) is 0 Å². The number of hydrazine groups is 1. The van der Waals surface area contributed by atoms with Crippen LogP contribution in [-0.2, 0) is 24.0 Å². The van der Waals surface area contributed by atoms with Crippen molar-refractivity contribution in [2.75, 3.05) is 85.1 Å². The third-order valence-electron chi connectivity index (χ3n) is 7.23. The molecule has 3 amide bonds. The molecule has 1 aliphatic rings. The second-order valence-corrected chi connectivity index (χ2v) is 10.7. The molecule has 1 heterocycles. The van der Waals surface area contributed by atoms with Gasteiger partial charge in [-0.2, -0.15) is 0 Å². The summed E-state index contributed by atoms with van der Waals surface area (Å²) < 4.78 is 0. The average molecular weight is 800 g/mol. The maximum atomic E-state index is 12.7. The minimum absolute atomic E-state index is 0. The molecule has 0 spiro atoms. The number of phenols is 1. The van der Waals surface area contributed by atoms with Gasteiger partial charge in [0.25, 0.3) is 11.8 Å². The number of carboxylic acids is 3. The molecule has 255 valence electrons. The van der Waals surface area contributed by atoms with E-state index in [0.717, 1.165) is 5.39 Å². The predicted molar refractivity (Wildman–Crippen MR) is 155 cm³/mol. The van der Waals surface area contributed by atoms with E-state index in [4.69, 9.17) is 0 Å². The molecule has 0 unspecified atom stereocenters. The standard InChI is InChI=1S/C29H39N7O10.Gd/c37-23-14-21-4-2-1-3-20(21)13-22(23)29(46)32-31-24(38)15-30-25(39)16-33-5-7-34(17-26(40)41)9-11-36(19-28(44)45)12-10-35(8-6-33)18-27(42)43;/h1-4,13-14,37H,5-12,15-19H2,(H,30,39)(H,31,38)(H,32,46)(H,40,41)(H,42,43)(H,44,45);/q;+3/p-3. The molecule has 47 heavy (non-hydrogen) atoms. The van der Waals surface area contributed by atoms with Crippen molar-refractivity contribution in [3.8, 4) is 5.75 Å². The molecule has 1 aliphatic heterocycles. The van der Waals surface area contributed by atoms with Crippen LogP contribution in [0.15, 0.2) is 36.4 Å². The first-order valence-corrected chi connectivity index (χ1v) is 14.5. The number of hydrogen-bond donors (Lipinski definition) is 4. The second-order valence-electron chi connectivity index (χ2n) is 10.7. The zero-order valence-corrected chi connectivity index (χ0v) is 27.7. The number of carbonyl (C=O) groups excluding carboxylic acids is 6. The van der Waals surface area contributed by atoms with E-state index in [1.165, 1.54) is 26.8 Å². The number of aromatic hydroxyl groups is 1. The van der Waals surface area contributed by atoms with E-state index < -0.39 is 61.8 Å². The van der Waals surface area contributed by atoms with Crippen LogP contribution in [0.25, 0.3) is 10.8 Å². The summed E-state index contributed by atoms with van der Waals surface area (Å²) in [6.07, 6.45) is 0. The first-order valence-electron chi connectivity index (χ1n) is 14.5. The summed E-state index contributed by atoms with van der Waals surface area (Å²) >= 11 is 0. The van der Waals surface area contributed by atoms with Crippen LogP contribution in [0.1, 0.15) is 10.4 Å². The molecule has 0 aliphatic carbocycles. The van der Waals surface area contributed by atoms with Gasteiger partial charge in [0.1, 0.15) is 5.75 Å². The molecule has 3 rings (SSSR count). The smallest absolute Gasteiger partial charge is 0.549 e.